The number of rotatable bonds is 5. The Morgan fingerprint density at radius 1 is 1.33 bits per heavy atom. The van der Waals surface area contributed by atoms with Crippen molar-refractivity contribution >= 4 is 0 Å². The smallest absolute Gasteiger partial charge is 0.119 e. The van der Waals surface area contributed by atoms with E-state index in [1.807, 2.05) is 6.07 Å². The number of allylic oxidation sites excluding steroid dienone is 1. The summed E-state index contributed by atoms with van der Waals surface area (Å²) >= 11 is 0. The van der Waals surface area contributed by atoms with Gasteiger partial charge in [-0.15, -0.1) is 0 Å². The zero-order valence-electron chi connectivity index (χ0n) is 11.4. The highest BCUT2D eigenvalue weighted by molar-refractivity contribution is 5.30. The highest BCUT2D eigenvalue weighted by Crippen LogP contribution is 2.23. The molecule has 98 valence electrons. The SMILES string of the molecule is CNC(Cc1cccc(OC)c1)C1=CCCCC1. The third kappa shape index (κ3) is 3.36. The molecule has 1 aliphatic rings. The van der Waals surface area contributed by atoms with Gasteiger partial charge in [0.1, 0.15) is 5.75 Å². The van der Waals surface area contributed by atoms with E-state index in [-0.39, 0.29) is 0 Å². The van der Waals surface area contributed by atoms with Crippen LogP contribution in [0.2, 0.25) is 0 Å². The average molecular weight is 245 g/mol. The van der Waals surface area contributed by atoms with Gasteiger partial charge in [0.25, 0.3) is 0 Å². The Kier molecular flexibility index (Phi) is 4.82. The number of likely N-dealkylation sites (N-methyl/N-ethyl adjacent to an activating group) is 1. The number of benzene rings is 1. The lowest BCUT2D eigenvalue weighted by atomic mass is 9.90. The minimum absolute atomic E-state index is 0.470. The van der Waals surface area contributed by atoms with Crippen molar-refractivity contribution < 1.29 is 4.74 Å². The van der Waals surface area contributed by atoms with Gasteiger partial charge in [0, 0.05) is 6.04 Å². The quantitative estimate of drug-likeness (QED) is 0.803. The van der Waals surface area contributed by atoms with Crippen LogP contribution >= 0.6 is 0 Å². The zero-order valence-corrected chi connectivity index (χ0v) is 11.4. The van der Waals surface area contributed by atoms with Crippen molar-refractivity contribution in [3.8, 4) is 5.75 Å². The highest BCUT2D eigenvalue weighted by Gasteiger charge is 2.15. The fraction of sp³-hybridized carbons (Fsp3) is 0.500. The third-order valence-corrected chi connectivity index (χ3v) is 3.70. The first-order valence-electron chi connectivity index (χ1n) is 6.82. The van der Waals surface area contributed by atoms with Crippen molar-refractivity contribution in [1.29, 1.82) is 0 Å². The molecule has 0 heterocycles. The molecule has 0 fully saturated rings. The molecule has 0 saturated carbocycles. The van der Waals surface area contributed by atoms with Gasteiger partial charge < -0.3 is 10.1 Å². The van der Waals surface area contributed by atoms with Crippen LogP contribution in [0.15, 0.2) is 35.9 Å². The standard InChI is InChI=1S/C16H23NO/c1-17-16(14-8-4-3-5-9-14)12-13-7-6-10-15(11-13)18-2/h6-8,10-11,16-17H,3-5,9,12H2,1-2H3. The van der Waals surface area contributed by atoms with Crippen molar-refractivity contribution in [3.05, 3.63) is 41.5 Å². The molecule has 2 heteroatoms. The second-order valence-electron chi connectivity index (χ2n) is 4.92. The summed E-state index contributed by atoms with van der Waals surface area (Å²) in [6.07, 6.45) is 8.63. The topological polar surface area (TPSA) is 21.3 Å². The molecule has 0 spiro atoms. The molecule has 0 saturated heterocycles. The molecule has 1 aromatic carbocycles. The maximum Gasteiger partial charge on any atom is 0.119 e. The number of nitrogens with one attached hydrogen (secondary N) is 1. The number of hydrogen-bond donors (Lipinski definition) is 1. The Hall–Kier alpha value is -1.28. The fourth-order valence-corrected chi connectivity index (χ4v) is 2.63. The molecule has 1 unspecified atom stereocenters. The average Bonchev–Trinajstić information content (AvgIpc) is 2.46. The minimum Gasteiger partial charge on any atom is -0.497 e. The van der Waals surface area contributed by atoms with E-state index in [2.05, 4.69) is 36.6 Å². The van der Waals surface area contributed by atoms with E-state index in [4.69, 9.17) is 4.74 Å². The Morgan fingerprint density at radius 2 is 2.22 bits per heavy atom. The highest BCUT2D eigenvalue weighted by atomic mass is 16.5. The summed E-state index contributed by atoms with van der Waals surface area (Å²) in [5.41, 5.74) is 2.91. The molecule has 18 heavy (non-hydrogen) atoms. The molecular formula is C16H23NO. The summed E-state index contributed by atoms with van der Waals surface area (Å²) in [5, 5.41) is 3.45. The van der Waals surface area contributed by atoms with Crippen molar-refractivity contribution in [2.45, 2.75) is 38.1 Å². The fourth-order valence-electron chi connectivity index (χ4n) is 2.63. The lowest BCUT2D eigenvalue weighted by Gasteiger charge is -2.23. The molecular weight excluding hydrogens is 222 g/mol. The van der Waals surface area contributed by atoms with Gasteiger partial charge in [-0.3, -0.25) is 0 Å². The van der Waals surface area contributed by atoms with Crippen LogP contribution in [0.25, 0.3) is 0 Å². The second kappa shape index (κ2) is 6.60. The van der Waals surface area contributed by atoms with Crippen molar-refractivity contribution in [3.63, 3.8) is 0 Å². The van der Waals surface area contributed by atoms with Gasteiger partial charge in [-0.05, 0) is 56.8 Å². The van der Waals surface area contributed by atoms with Gasteiger partial charge in [0.2, 0.25) is 0 Å². The third-order valence-electron chi connectivity index (χ3n) is 3.70. The van der Waals surface area contributed by atoms with Crippen molar-refractivity contribution in [2.24, 2.45) is 0 Å². The second-order valence-corrected chi connectivity index (χ2v) is 4.92. The first kappa shape index (κ1) is 13.2. The Morgan fingerprint density at radius 3 is 2.89 bits per heavy atom. The summed E-state index contributed by atoms with van der Waals surface area (Å²) in [4.78, 5) is 0. The van der Waals surface area contributed by atoms with Crippen LogP contribution < -0.4 is 10.1 Å². The maximum atomic E-state index is 5.28. The predicted octanol–water partition coefficient (Wildman–Crippen LogP) is 3.33. The first-order chi connectivity index (χ1) is 8.83. The molecule has 2 rings (SSSR count). The van der Waals surface area contributed by atoms with E-state index in [1.54, 1.807) is 12.7 Å². The molecule has 0 radical (unpaired) electrons. The van der Waals surface area contributed by atoms with Gasteiger partial charge in [0.05, 0.1) is 7.11 Å². The molecule has 1 aromatic rings. The molecule has 1 aliphatic carbocycles. The van der Waals surface area contributed by atoms with E-state index < -0.39 is 0 Å². The van der Waals surface area contributed by atoms with E-state index >= 15 is 0 Å². The largest absolute Gasteiger partial charge is 0.497 e. The summed E-state index contributed by atoms with van der Waals surface area (Å²) in [6, 6.07) is 8.84. The summed E-state index contributed by atoms with van der Waals surface area (Å²) in [7, 11) is 3.78. The molecule has 0 amide bonds. The van der Waals surface area contributed by atoms with E-state index in [0.717, 1.165) is 12.2 Å². The van der Waals surface area contributed by atoms with Crippen molar-refractivity contribution in [1.82, 2.24) is 5.32 Å². The minimum atomic E-state index is 0.470. The lowest BCUT2D eigenvalue weighted by Crippen LogP contribution is -2.30. The van der Waals surface area contributed by atoms with Gasteiger partial charge in [-0.1, -0.05) is 23.8 Å². The summed E-state index contributed by atoms with van der Waals surface area (Å²) in [6.45, 7) is 0. The monoisotopic (exact) mass is 245 g/mol. The van der Waals surface area contributed by atoms with Gasteiger partial charge >= 0.3 is 0 Å². The lowest BCUT2D eigenvalue weighted by molar-refractivity contribution is 0.414. The molecule has 1 atom stereocenters. The van der Waals surface area contributed by atoms with Crippen LogP contribution in [0, 0.1) is 0 Å². The van der Waals surface area contributed by atoms with E-state index in [1.165, 1.54) is 31.2 Å². The number of ether oxygens (including phenoxy) is 1. The van der Waals surface area contributed by atoms with Crippen LogP contribution in [-0.2, 0) is 6.42 Å². The first-order valence-corrected chi connectivity index (χ1v) is 6.82. The van der Waals surface area contributed by atoms with Gasteiger partial charge in [0.15, 0.2) is 0 Å². The Labute approximate surface area is 110 Å². The normalized spacial score (nSPS) is 17.1. The summed E-state index contributed by atoms with van der Waals surface area (Å²) < 4.78 is 5.28. The number of methoxy groups -OCH3 is 1. The van der Waals surface area contributed by atoms with Crippen LogP contribution in [0.3, 0.4) is 0 Å². The van der Waals surface area contributed by atoms with Crippen LogP contribution in [0.4, 0.5) is 0 Å². The molecule has 0 bridgehead atoms. The van der Waals surface area contributed by atoms with E-state index in [0.29, 0.717) is 6.04 Å². The molecule has 0 aliphatic heterocycles. The van der Waals surface area contributed by atoms with Gasteiger partial charge in [-0.2, -0.15) is 0 Å². The van der Waals surface area contributed by atoms with E-state index in [9.17, 15) is 0 Å². The van der Waals surface area contributed by atoms with Crippen LogP contribution in [0.1, 0.15) is 31.2 Å². The van der Waals surface area contributed by atoms with Crippen LogP contribution in [0.5, 0.6) is 5.75 Å². The Bertz CT molecular complexity index is 411. The zero-order chi connectivity index (χ0) is 12.8. The maximum absolute atomic E-state index is 5.28. The molecule has 2 nitrogen and oxygen atoms in total. The molecule has 0 aromatic heterocycles. The molecule has 1 N–H and O–H groups in total. The number of hydrogen-bond acceptors (Lipinski definition) is 2. The van der Waals surface area contributed by atoms with Crippen molar-refractivity contribution in [2.75, 3.05) is 14.2 Å². The van der Waals surface area contributed by atoms with Gasteiger partial charge in [-0.25, -0.2) is 0 Å². The summed E-state index contributed by atoms with van der Waals surface area (Å²) in [5.74, 6) is 0.944. The Balaban J connectivity index is 2.07. The predicted molar refractivity (Wildman–Crippen MR) is 76.1 cm³/mol. The van der Waals surface area contributed by atoms with Crippen LogP contribution in [-0.4, -0.2) is 20.2 Å².